The number of ketones is 1. The van der Waals surface area contributed by atoms with Crippen molar-refractivity contribution in [2.24, 2.45) is 7.05 Å². The summed E-state index contributed by atoms with van der Waals surface area (Å²) in [6.07, 6.45) is 0.641. The Morgan fingerprint density at radius 1 is 1.09 bits per heavy atom. The summed E-state index contributed by atoms with van der Waals surface area (Å²) in [5, 5.41) is 2.36. The molecule has 0 radical (unpaired) electrons. The molecule has 0 fully saturated rings. The third-order valence-corrected chi connectivity index (χ3v) is 5.64. The second-order valence-electron chi connectivity index (χ2n) is 7.87. The molecule has 174 valence electrons. The molecular formula is C26H24ClN3O4. The summed E-state index contributed by atoms with van der Waals surface area (Å²) in [6.45, 7) is 3.34. The lowest BCUT2D eigenvalue weighted by atomic mass is 10.1. The average Bonchev–Trinajstić information content (AvgIpc) is 2.82. The summed E-state index contributed by atoms with van der Waals surface area (Å²) in [5.41, 5.74) is 1.73. The van der Waals surface area contributed by atoms with Crippen LogP contribution in [-0.2, 0) is 24.8 Å². The smallest absolute Gasteiger partial charge is 0.319 e. The molecule has 7 nitrogen and oxygen atoms in total. The maximum atomic E-state index is 12.6. The SMILES string of the molecule is CC(=O)c1cccc(C#CCn2c(Cl)c(NC(=O)CCc3ccc(C)cc3)c(=O)n(C)c2=O)c1. The van der Waals surface area contributed by atoms with Gasteiger partial charge in [-0.3, -0.25) is 23.5 Å². The monoisotopic (exact) mass is 477 g/mol. The Labute approximate surface area is 202 Å². The van der Waals surface area contributed by atoms with Crippen LogP contribution in [0.4, 0.5) is 5.69 Å². The van der Waals surface area contributed by atoms with Gasteiger partial charge in [-0.05, 0) is 38.0 Å². The molecule has 0 aliphatic carbocycles. The van der Waals surface area contributed by atoms with Crippen molar-refractivity contribution in [2.45, 2.75) is 33.2 Å². The summed E-state index contributed by atoms with van der Waals surface area (Å²) in [5.74, 6) is 5.25. The first-order valence-corrected chi connectivity index (χ1v) is 11.0. The van der Waals surface area contributed by atoms with Crippen molar-refractivity contribution in [3.8, 4) is 11.8 Å². The Balaban J connectivity index is 1.80. The highest BCUT2D eigenvalue weighted by molar-refractivity contribution is 6.32. The first kappa shape index (κ1) is 24.7. The number of aryl methyl sites for hydroxylation is 2. The molecule has 0 aliphatic rings. The number of carbonyl (C=O) groups is 2. The molecule has 3 rings (SSSR count). The lowest BCUT2D eigenvalue weighted by Gasteiger charge is -2.13. The van der Waals surface area contributed by atoms with Crippen LogP contribution in [0.5, 0.6) is 0 Å². The minimum absolute atomic E-state index is 0.0799. The lowest BCUT2D eigenvalue weighted by molar-refractivity contribution is -0.116. The van der Waals surface area contributed by atoms with Gasteiger partial charge in [-0.25, -0.2) is 4.79 Å². The largest absolute Gasteiger partial charge is 0.332 e. The van der Waals surface area contributed by atoms with E-state index in [1.165, 1.54) is 14.0 Å². The second-order valence-corrected chi connectivity index (χ2v) is 8.23. The van der Waals surface area contributed by atoms with Crippen LogP contribution in [0.3, 0.4) is 0 Å². The van der Waals surface area contributed by atoms with Crippen LogP contribution < -0.4 is 16.6 Å². The number of hydrogen-bond donors (Lipinski definition) is 1. The standard InChI is InChI=1S/C26H24ClN3O4/c1-17-9-11-19(12-10-17)13-14-22(32)28-23-24(27)30(26(34)29(3)25(23)33)15-5-7-20-6-4-8-21(16-20)18(2)31/h4,6,8-12,16H,13-15H2,1-3H3,(H,28,32). The number of aromatic nitrogens is 2. The first-order valence-electron chi connectivity index (χ1n) is 10.6. The van der Waals surface area contributed by atoms with Gasteiger partial charge in [0.05, 0.1) is 6.54 Å². The lowest BCUT2D eigenvalue weighted by Crippen LogP contribution is -2.40. The molecular weight excluding hydrogens is 454 g/mol. The van der Waals surface area contributed by atoms with Crippen molar-refractivity contribution in [3.05, 3.63) is 96.8 Å². The average molecular weight is 478 g/mol. The number of Topliss-reactive ketones (excluding diaryl/α,β-unsaturated/α-hetero) is 1. The molecule has 1 amide bonds. The van der Waals surface area contributed by atoms with Crippen molar-refractivity contribution >= 4 is 29.0 Å². The van der Waals surface area contributed by atoms with Gasteiger partial charge in [-0.15, -0.1) is 0 Å². The molecule has 0 aliphatic heterocycles. The van der Waals surface area contributed by atoms with Crippen LogP contribution in [0.15, 0.2) is 58.1 Å². The number of carbonyl (C=O) groups excluding carboxylic acids is 2. The number of benzene rings is 2. The molecule has 1 heterocycles. The van der Waals surface area contributed by atoms with Crippen LogP contribution in [0.1, 0.15) is 40.4 Å². The molecule has 3 aromatic rings. The molecule has 0 bridgehead atoms. The van der Waals surface area contributed by atoms with E-state index in [0.29, 0.717) is 17.5 Å². The summed E-state index contributed by atoms with van der Waals surface area (Å²) in [4.78, 5) is 49.2. The number of nitrogens with zero attached hydrogens (tertiary/aromatic N) is 2. The fourth-order valence-electron chi connectivity index (χ4n) is 3.24. The van der Waals surface area contributed by atoms with E-state index in [0.717, 1.165) is 20.3 Å². The highest BCUT2D eigenvalue weighted by Gasteiger charge is 2.17. The highest BCUT2D eigenvalue weighted by atomic mass is 35.5. The Bertz CT molecular complexity index is 1420. The molecule has 0 spiro atoms. The molecule has 8 heteroatoms. The number of amides is 1. The molecule has 1 aromatic heterocycles. The molecule has 0 unspecified atom stereocenters. The van der Waals surface area contributed by atoms with Crippen LogP contribution in [0.25, 0.3) is 0 Å². The van der Waals surface area contributed by atoms with E-state index in [1.54, 1.807) is 24.3 Å². The van der Waals surface area contributed by atoms with Crippen molar-refractivity contribution in [3.63, 3.8) is 0 Å². The number of hydrogen-bond acceptors (Lipinski definition) is 4. The van der Waals surface area contributed by atoms with Crippen molar-refractivity contribution in [1.29, 1.82) is 0 Å². The molecule has 0 saturated heterocycles. The third-order valence-electron chi connectivity index (χ3n) is 5.24. The number of anilines is 1. The van der Waals surface area contributed by atoms with Crippen LogP contribution >= 0.6 is 11.6 Å². The fraction of sp³-hybridized carbons (Fsp3) is 0.231. The quantitative estimate of drug-likeness (QED) is 0.335. The van der Waals surface area contributed by atoms with E-state index in [2.05, 4.69) is 17.2 Å². The molecule has 2 aromatic carbocycles. The van der Waals surface area contributed by atoms with Gasteiger partial charge in [0.2, 0.25) is 5.91 Å². The van der Waals surface area contributed by atoms with Crippen molar-refractivity contribution in [2.75, 3.05) is 5.32 Å². The van der Waals surface area contributed by atoms with Gasteiger partial charge in [0.1, 0.15) is 10.8 Å². The topological polar surface area (TPSA) is 90.2 Å². The minimum atomic E-state index is -0.697. The van der Waals surface area contributed by atoms with Gasteiger partial charge in [0.15, 0.2) is 5.78 Å². The maximum Gasteiger partial charge on any atom is 0.332 e. The molecule has 34 heavy (non-hydrogen) atoms. The van der Waals surface area contributed by atoms with Crippen molar-refractivity contribution < 1.29 is 9.59 Å². The van der Waals surface area contributed by atoms with Gasteiger partial charge in [0.25, 0.3) is 5.56 Å². The third kappa shape index (κ3) is 5.91. The summed E-state index contributed by atoms with van der Waals surface area (Å²) in [6, 6.07) is 14.6. The summed E-state index contributed by atoms with van der Waals surface area (Å²) < 4.78 is 1.99. The Morgan fingerprint density at radius 3 is 2.47 bits per heavy atom. The van der Waals surface area contributed by atoms with Crippen molar-refractivity contribution in [1.82, 2.24) is 9.13 Å². The van der Waals surface area contributed by atoms with Gasteiger partial charge in [0, 0.05) is 24.6 Å². The van der Waals surface area contributed by atoms with Gasteiger partial charge >= 0.3 is 5.69 Å². The maximum absolute atomic E-state index is 12.6. The normalized spacial score (nSPS) is 10.4. The number of rotatable bonds is 6. The Kier molecular flexibility index (Phi) is 7.87. The van der Waals surface area contributed by atoms with Gasteiger partial charge in [-0.1, -0.05) is 65.4 Å². The zero-order chi connectivity index (χ0) is 24.8. The predicted octanol–water partition coefficient (Wildman–Crippen LogP) is 3.33. The fourth-order valence-corrected chi connectivity index (χ4v) is 3.50. The molecule has 0 saturated carbocycles. The molecule has 0 atom stereocenters. The van der Waals surface area contributed by atoms with E-state index in [1.807, 2.05) is 31.2 Å². The van der Waals surface area contributed by atoms with E-state index in [4.69, 9.17) is 11.6 Å². The summed E-state index contributed by atoms with van der Waals surface area (Å²) in [7, 11) is 1.31. The second kappa shape index (κ2) is 10.8. The summed E-state index contributed by atoms with van der Waals surface area (Å²) >= 11 is 6.34. The first-order chi connectivity index (χ1) is 16.2. The van der Waals surface area contributed by atoms with Crippen LogP contribution in [0.2, 0.25) is 5.15 Å². The Morgan fingerprint density at radius 2 is 1.79 bits per heavy atom. The molecule has 1 N–H and O–H groups in total. The van der Waals surface area contributed by atoms with Crippen LogP contribution in [0, 0.1) is 18.8 Å². The highest BCUT2D eigenvalue weighted by Crippen LogP contribution is 2.16. The van der Waals surface area contributed by atoms with E-state index < -0.39 is 17.2 Å². The number of halogens is 1. The van der Waals surface area contributed by atoms with Gasteiger partial charge < -0.3 is 5.32 Å². The van der Waals surface area contributed by atoms with E-state index in [-0.39, 0.29) is 29.6 Å². The number of nitrogens with one attached hydrogen (secondary N) is 1. The van der Waals surface area contributed by atoms with E-state index >= 15 is 0 Å². The zero-order valence-electron chi connectivity index (χ0n) is 19.1. The van der Waals surface area contributed by atoms with E-state index in [9.17, 15) is 19.2 Å². The zero-order valence-corrected chi connectivity index (χ0v) is 19.9. The van der Waals surface area contributed by atoms with Crippen LogP contribution in [-0.4, -0.2) is 20.8 Å². The Hall–Kier alpha value is -3.89. The predicted molar refractivity (Wildman–Crippen MR) is 132 cm³/mol. The van der Waals surface area contributed by atoms with Gasteiger partial charge in [-0.2, -0.15) is 0 Å². The minimum Gasteiger partial charge on any atom is -0.319 e.